The first-order valence-corrected chi connectivity index (χ1v) is 3.28. The summed E-state index contributed by atoms with van der Waals surface area (Å²) >= 11 is 0. The van der Waals surface area contributed by atoms with Gasteiger partial charge in [-0.15, -0.1) is 0 Å². The number of rotatable bonds is 1. The average Bonchev–Trinajstić information content (AvgIpc) is 2.58. The second-order valence-corrected chi connectivity index (χ2v) is 2.10. The highest BCUT2D eigenvalue weighted by Crippen LogP contribution is 2.01. The van der Waals surface area contributed by atoms with Crippen LogP contribution in [0.1, 0.15) is 0 Å². The molecule has 0 aliphatic rings. The second-order valence-electron chi connectivity index (χ2n) is 2.10. The zero-order valence-electron chi connectivity index (χ0n) is 5.81. The van der Waals surface area contributed by atoms with Gasteiger partial charge in [0.1, 0.15) is 6.20 Å². The Morgan fingerprint density at radius 2 is 2.36 bits per heavy atom. The predicted octanol–water partition coefficient (Wildman–Crippen LogP) is 1.07. The first kappa shape index (κ1) is 6.09. The van der Waals surface area contributed by atoms with Crippen LogP contribution >= 0.6 is 0 Å². The van der Waals surface area contributed by atoms with Gasteiger partial charge in [-0.05, 0) is 12.1 Å². The maximum absolute atomic E-state index is 3.91. The van der Waals surface area contributed by atoms with Crippen LogP contribution in [-0.4, -0.2) is 14.5 Å². The predicted molar refractivity (Wildman–Crippen MR) is 40.2 cm³/mol. The number of hydrogen-bond donors (Lipinski definition) is 0. The molecule has 2 heterocycles. The fourth-order valence-electron chi connectivity index (χ4n) is 0.863. The number of pyridine rings is 1. The molecule has 0 bridgehead atoms. The summed E-state index contributed by atoms with van der Waals surface area (Å²) in [5.41, 5.74) is 0.907. The molecule has 1 radical (unpaired) electrons. The van der Waals surface area contributed by atoms with Crippen molar-refractivity contribution in [2.45, 2.75) is 0 Å². The SMILES string of the molecule is [c]1ncccc1-n1ccnc1. The zero-order valence-corrected chi connectivity index (χ0v) is 5.81. The van der Waals surface area contributed by atoms with Gasteiger partial charge >= 0.3 is 0 Å². The maximum Gasteiger partial charge on any atom is 0.115 e. The fourth-order valence-corrected chi connectivity index (χ4v) is 0.863. The van der Waals surface area contributed by atoms with Crippen molar-refractivity contribution in [1.82, 2.24) is 14.5 Å². The highest BCUT2D eigenvalue weighted by atomic mass is 15.0. The lowest BCUT2D eigenvalue weighted by Crippen LogP contribution is -1.89. The lowest BCUT2D eigenvalue weighted by Gasteiger charge is -1.96. The van der Waals surface area contributed by atoms with Gasteiger partial charge in [-0.2, -0.15) is 0 Å². The van der Waals surface area contributed by atoms with Crippen molar-refractivity contribution in [3.63, 3.8) is 0 Å². The van der Waals surface area contributed by atoms with Crippen LogP contribution in [0.25, 0.3) is 5.69 Å². The highest BCUT2D eigenvalue weighted by Gasteiger charge is 1.91. The van der Waals surface area contributed by atoms with E-state index in [9.17, 15) is 0 Å². The molecule has 53 valence electrons. The van der Waals surface area contributed by atoms with Gasteiger partial charge in [-0.1, -0.05) is 0 Å². The summed E-state index contributed by atoms with van der Waals surface area (Å²) in [4.78, 5) is 7.78. The number of aromatic nitrogens is 3. The number of imidazole rings is 1. The lowest BCUT2D eigenvalue weighted by atomic mass is 10.4. The van der Waals surface area contributed by atoms with E-state index in [-0.39, 0.29) is 0 Å². The van der Waals surface area contributed by atoms with Gasteiger partial charge in [-0.25, -0.2) is 4.98 Å². The summed E-state index contributed by atoms with van der Waals surface area (Å²) in [6, 6.07) is 3.79. The molecule has 2 rings (SSSR count). The van der Waals surface area contributed by atoms with Crippen LogP contribution in [0.4, 0.5) is 0 Å². The Kier molecular flexibility index (Phi) is 1.41. The van der Waals surface area contributed by atoms with Crippen molar-refractivity contribution >= 4 is 0 Å². The van der Waals surface area contributed by atoms with E-state index >= 15 is 0 Å². The van der Waals surface area contributed by atoms with Gasteiger partial charge in [0.15, 0.2) is 0 Å². The van der Waals surface area contributed by atoms with E-state index in [0.717, 1.165) is 5.69 Å². The Hall–Kier alpha value is -1.64. The molecule has 2 aromatic rings. The summed E-state index contributed by atoms with van der Waals surface area (Å²) in [5, 5.41) is 0. The van der Waals surface area contributed by atoms with Crippen molar-refractivity contribution in [3.05, 3.63) is 43.2 Å². The van der Waals surface area contributed by atoms with Crippen LogP contribution in [0.15, 0.2) is 37.1 Å². The van der Waals surface area contributed by atoms with Crippen molar-refractivity contribution in [1.29, 1.82) is 0 Å². The first-order chi connectivity index (χ1) is 5.47. The van der Waals surface area contributed by atoms with E-state index in [1.54, 1.807) is 18.7 Å². The van der Waals surface area contributed by atoms with Gasteiger partial charge in [-0.3, -0.25) is 4.98 Å². The van der Waals surface area contributed by atoms with Crippen LogP contribution in [-0.2, 0) is 0 Å². The smallest absolute Gasteiger partial charge is 0.115 e. The Balaban J connectivity index is 2.46. The molecule has 0 aromatic carbocycles. The minimum absolute atomic E-state index is 0.907. The molecule has 11 heavy (non-hydrogen) atoms. The molecule has 0 amide bonds. The first-order valence-electron chi connectivity index (χ1n) is 3.28. The van der Waals surface area contributed by atoms with Crippen molar-refractivity contribution in [3.8, 4) is 5.69 Å². The highest BCUT2D eigenvalue weighted by molar-refractivity contribution is 5.25. The molecule has 3 heteroatoms. The Labute approximate surface area is 64.3 Å². The third-order valence-electron chi connectivity index (χ3n) is 1.38. The second kappa shape index (κ2) is 2.54. The number of nitrogens with zero attached hydrogens (tertiary/aromatic N) is 3. The third kappa shape index (κ3) is 1.12. The molecule has 0 unspecified atom stereocenters. The van der Waals surface area contributed by atoms with Gasteiger partial charge in [0.25, 0.3) is 0 Å². The standard InChI is InChI=1S/C8H6N3/c1-2-8(6-9-3-1)11-5-4-10-7-11/h1-5,7H. The quantitative estimate of drug-likeness (QED) is 0.599. The number of hydrogen-bond acceptors (Lipinski definition) is 2. The van der Waals surface area contributed by atoms with Crippen LogP contribution in [0.2, 0.25) is 0 Å². The minimum Gasteiger partial charge on any atom is -0.304 e. The van der Waals surface area contributed by atoms with E-state index in [1.165, 1.54) is 0 Å². The van der Waals surface area contributed by atoms with Crippen molar-refractivity contribution < 1.29 is 0 Å². The summed E-state index contributed by atoms with van der Waals surface area (Å²) in [6.07, 6.45) is 9.83. The van der Waals surface area contributed by atoms with Crippen LogP contribution in [0, 0.1) is 6.20 Å². The molecule has 3 nitrogen and oxygen atoms in total. The van der Waals surface area contributed by atoms with Gasteiger partial charge in [0.05, 0.1) is 12.0 Å². The van der Waals surface area contributed by atoms with E-state index in [4.69, 9.17) is 0 Å². The summed E-state index contributed by atoms with van der Waals surface area (Å²) < 4.78 is 1.85. The molecule has 0 atom stereocenters. The van der Waals surface area contributed by atoms with Crippen molar-refractivity contribution in [2.24, 2.45) is 0 Å². The molecule has 0 spiro atoms. The summed E-state index contributed by atoms with van der Waals surface area (Å²) in [7, 11) is 0. The van der Waals surface area contributed by atoms with E-state index < -0.39 is 0 Å². The monoisotopic (exact) mass is 144 g/mol. The Morgan fingerprint density at radius 1 is 1.36 bits per heavy atom. The largest absolute Gasteiger partial charge is 0.304 e. The van der Waals surface area contributed by atoms with Crippen molar-refractivity contribution in [2.75, 3.05) is 0 Å². The molecular formula is C8H6N3. The minimum atomic E-state index is 0.907. The molecule has 0 aliphatic heterocycles. The normalized spacial score (nSPS) is 9.82. The van der Waals surface area contributed by atoms with E-state index in [2.05, 4.69) is 16.2 Å². The van der Waals surface area contributed by atoms with Gasteiger partial charge in [0.2, 0.25) is 0 Å². The molecule has 0 fully saturated rings. The Bertz CT molecular complexity index is 312. The molecule has 0 saturated carbocycles. The zero-order chi connectivity index (χ0) is 7.52. The molecule has 0 saturated heterocycles. The molecule has 0 N–H and O–H groups in total. The summed E-state index contributed by atoms with van der Waals surface area (Å²) in [6.45, 7) is 0. The molecule has 0 aliphatic carbocycles. The van der Waals surface area contributed by atoms with Crippen LogP contribution < -0.4 is 0 Å². The van der Waals surface area contributed by atoms with Crippen LogP contribution in [0.3, 0.4) is 0 Å². The maximum atomic E-state index is 3.91. The topological polar surface area (TPSA) is 30.7 Å². The molecule has 2 aromatic heterocycles. The van der Waals surface area contributed by atoms with E-state index in [1.807, 2.05) is 22.9 Å². The Morgan fingerprint density at radius 3 is 3.00 bits per heavy atom. The van der Waals surface area contributed by atoms with Gasteiger partial charge < -0.3 is 4.57 Å². The average molecular weight is 144 g/mol. The molecular weight excluding hydrogens is 138 g/mol. The fraction of sp³-hybridized carbons (Fsp3) is 0. The third-order valence-corrected chi connectivity index (χ3v) is 1.38. The van der Waals surface area contributed by atoms with E-state index in [0.29, 0.717) is 0 Å². The lowest BCUT2D eigenvalue weighted by molar-refractivity contribution is 1.03. The summed E-state index contributed by atoms with van der Waals surface area (Å²) in [5.74, 6) is 0. The van der Waals surface area contributed by atoms with Crippen LogP contribution in [0.5, 0.6) is 0 Å². The van der Waals surface area contributed by atoms with Gasteiger partial charge in [0, 0.05) is 18.6 Å².